The van der Waals surface area contributed by atoms with Crippen LogP contribution in [0.2, 0.25) is 0 Å². The van der Waals surface area contributed by atoms with Crippen LogP contribution in [0.3, 0.4) is 0 Å². The predicted molar refractivity (Wildman–Crippen MR) is 108 cm³/mol. The van der Waals surface area contributed by atoms with Crippen molar-refractivity contribution in [2.75, 3.05) is 6.61 Å². The number of carbonyl (C=O) groups is 1. The fourth-order valence-electron chi connectivity index (χ4n) is 2.82. The summed E-state index contributed by atoms with van der Waals surface area (Å²) >= 11 is 0. The lowest BCUT2D eigenvalue weighted by Crippen LogP contribution is -2.09. The highest BCUT2D eigenvalue weighted by Gasteiger charge is 2.13. The molecule has 0 spiro atoms. The highest BCUT2D eigenvalue weighted by molar-refractivity contribution is 5.90. The minimum absolute atomic E-state index is 0.00493. The summed E-state index contributed by atoms with van der Waals surface area (Å²) in [5.74, 6) is 0.679. The first-order valence-corrected chi connectivity index (χ1v) is 9.28. The summed E-state index contributed by atoms with van der Waals surface area (Å²) in [5, 5.41) is 0.771. The summed E-state index contributed by atoms with van der Waals surface area (Å²) in [6.07, 6.45) is 0. The highest BCUT2D eigenvalue weighted by atomic mass is 16.5. The second-order valence-corrected chi connectivity index (χ2v) is 7.28. The number of hydrogen-bond acceptors (Lipinski definition) is 5. The van der Waals surface area contributed by atoms with Gasteiger partial charge in [-0.15, -0.1) is 0 Å². The number of aryl methyl sites for hydroxylation is 2. The molecule has 0 aliphatic heterocycles. The molecule has 3 aromatic rings. The van der Waals surface area contributed by atoms with E-state index < -0.39 is 11.6 Å². The molecule has 5 heteroatoms. The maximum Gasteiger partial charge on any atom is 0.338 e. The summed E-state index contributed by atoms with van der Waals surface area (Å²) in [5.41, 5.74) is 3.06. The maximum absolute atomic E-state index is 12.4. The number of rotatable bonds is 6. The summed E-state index contributed by atoms with van der Waals surface area (Å²) < 4.78 is 16.4. The molecule has 28 heavy (non-hydrogen) atoms. The zero-order valence-corrected chi connectivity index (χ0v) is 16.6. The number of ether oxygens (including phenoxy) is 2. The smallest absolute Gasteiger partial charge is 0.338 e. The normalized spacial score (nSPS) is 11.0. The third kappa shape index (κ3) is 4.42. The number of fused-ring (bicyclic) bond motifs is 1. The number of benzene rings is 2. The lowest BCUT2D eigenvalue weighted by Gasteiger charge is -2.11. The first-order chi connectivity index (χ1) is 13.3. The van der Waals surface area contributed by atoms with Crippen LogP contribution >= 0.6 is 0 Å². The SMILES string of the molecule is Cc1ccc2c(COC(=O)c3ccc(OCC(C)C)cc3)cc(=O)oc2c1C. The highest BCUT2D eigenvalue weighted by Crippen LogP contribution is 2.24. The van der Waals surface area contributed by atoms with Gasteiger partial charge in [-0.25, -0.2) is 9.59 Å². The zero-order chi connectivity index (χ0) is 20.3. The molecule has 0 amide bonds. The monoisotopic (exact) mass is 380 g/mol. The number of esters is 1. The number of hydrogen-bond donors (Lipinski definition) is 0. The van der Waals surface area contributed by atoms with Crippen molar-refractivity contribution in [1.29, 1.82) is 0 Å². The molecule has 0 saturated heterocycles. The van der Waals surface area contributed by atoms with E-state index in [-0.39, 0.29) is 6.61 Å². The Kier molecular flexibility index (Phi) is 5.83. The van der Waals surface area contributed by atoms with E-state index in [1.165, 1.54) is 6.07 Å². The molecule has 0 aliphatic rings. The molecule has 1 aromatic heterocycles. The molecular formula is C23H24O5. The Morgan fingerprint density at radius 1 is 1.07 bits per heavy atom. The third-order valence-corrected chi connectivity index (χ3v) is 4.55. The Bertz CT molecular complexity index is 1050. The van der Waals surface area contributed by atoms with Gasteiger partial charge in [0.15, 0.2) is 0 Å². The average molecular weight is 380 g/mol. The second-order valence-electron chi connectivity index (χ2n) is 7.28. The topological polar surface area (TPSA) is 65.7 Å². The zero-order valence-electron chi connectivity index (χ0n) is 16.6. The summed E-state index contributed by atoms with van der Waals surface area (Å²) in [7, 11) is 0. The minimum Gasteiger partial charge on any atom is -0.493 e. The van der Waals surface area contributed by atoms with Gasteiger partial charge in [0, 0.05) is 17.0 Å². The summed E-state index contributed by atoms with van der Waals surface area (Å²) in [6, 6.07) is 12.0. The molecule has 2 aromatic carbocycles. The molecule has 0 atom stereocenters. The van der Waals surface area contributed by atoms with Gasteiger partial charge in [0.1, 0.15) is 17.9 Å². The minimum atomic E-state index is -0.459. The molecule has 5 nitrogen and oxygen atoms in total. The van der Waals surface area contributed by atoms with Crippen LogP contribution in [0, 0.1) is 19.8 Å². The quantitative estimate of drug-likeness (QED) is 0.454. The Balaban J connectivity index is 1.74. The van der Waals surface area contributed by atoms with Gasteiger partial charge < -0.3 is 13.9 Å². The molecule has 3 rings (SSSR count). The van der Waals surface area contributed by atoms with Crippen molar-refractivity contribution in [2.45, 2.75) is 34.3 Å². The van der Waals surface area contributed by atoms with E-state index in [0.717, 1.165) is 16.5 Å². The van der Waals surface area contributed by atoms with Crippen LogP contribution in [0.1, 0.15) is 40.9 Å². The van der Waals surface area contributed by atoms with Crippen LogP contribution in [-0.2, 0) is 11.3 Å². The van der Waals surface area contributed by atoms with E-state index in [9.17, 15) is 9.59 Å². The molecule has 1 heterocycles. The predicted octanol–water partition coefficient (Wildman–Crippen LogP) is 4.80. The fraction of sp³-hybridized carbons (Fsp3) is 0.304. The Hall–Kier alpha value is -3.08. The van der Waals surface area contributed by atoms with Crippen LogP contribution in [-0.4, -0.2) is 12.6 Å². The van der Waals surface area contributed by atoms with Crippen LogP contribution in [0.4, 0.5) is 0 Å². The van der Waals surface area contributed by atoms with Crippen molar-refractivity contribution in [3.8, 4) is 5.75 Å². The fourth-order valence-corrected chi connectivity index (χ4v) is 2.82. The standard InChI is InChI=1S/C23H24O5/c1-14(2)12-26-19-8-6-17(7-9-19)23(25)27-13-18-11-21(24)28-22-16(4)15(3)5-10-20(18)22/h5-11,14H,12-13H2,1-4H3. The van der Waals surface area contributed by atoms with Gasteiger partial charge >= 0.3 is 11.6 Å². The molecule has 0 aliphatic carbocycles. The third-order valence-electron chi connectivity index (χ3n) is 4.55. The number of carbonyl (C=O) groups excluding carboxylic acids is 1. The second kappa shape index (κ2) is 8.30. The maximum atomic E-state index is 12.4. The van der Waals surface area contributed by atoms with Gasteiger partial charge in [0.25, 0.3) is 0 Å². The van der Waals surface area contributed by atoms with Gasteiger partial charge in [-0.3, -0.25) is 0 Å². The van der Waals surface area contributed by atoms with Gasteiger partial charge in [0.2, 0.25) is 0 Å². The Morgan fingerprint density at radius 2 is 1.79 bits per heavy atom. The molecule has 0 unspecified atom stereocenters. The molecule has 0 bridgehead atoms. The van der Waals surface area contributed by atoms with E-state index >= 15 is 0 Å². The van der Waals surface area contributed by atoms with Crippen molar-refractivity contribution in [3.63, 3.8) is 0 Å². The van der Waals surface area contributed by atoms with Crippen molar-refractivity contribution >= 4 is 16.9 Å². The van der Waals surface area contributed by atoms with Crippen LogP contribution in [0.15, 0.2) is 51.7 Å². The lowest BCUT2D eigenvalue weighted by atomic mass is 10.0. The largest absolute Gasteiger partial charge is 0.493 e. The van der Waals surface area contributed by atoms with Crippen molar-refractivity contribution in [2.24, 2.45) is 5.92 Å². The molecule has 0 radical (unpaired) electrons. The molecule has 0 saturated carbocycles. The lowest BCUT2D eigenvalue weighted by molar-refractivity contribution is 0.0474. The van der Waals surface area contributed by atoms with E-state index in [2.05, 4.69) is 13.8 Å². The van der Waals surface area contributed by atoms with E-state index in [4.69, 9.17) is 13.9 Å². The molecular weight excluding hydrogens is 356 g/mol. The van der Waals surface area contributed by atoms with Crippen molar-refractivity contribution in [1.82, 2.24) is 0 Å². The summed E-state index contributed by atoms with van der Waals surface area (Å²) in [4.78, 5) is 24.3. The molecule has 146 valence electrons. The van der Waals surface area contributed by atoms with Gasteiger partial charge in [-0.1, -0.05) is 26.0 Å². The van der Waals surface area contributed by atoms with Crippen molar-refractivity contribution < 1.29 is 18.7 Å². The van der Waals surface area contributed by atoms with E-state index in [1.807, 2.05) is 26.0 Å². The van der Waals surface area contributed by atoms with Crippen molar-refractivity contribution in [3.05, 3.63) is 75.1 Å². The van der Waals surface area contributed by atoms with E-state index in [1.54, 1.807) is 24.3 Å². The summed E-state index contributed by atoms with van der Waals surface area (Å²) in [6.45, 7) is 8.61. The van der Waals surface area contributed by atoms with Gasteiger partial charge in [-0.05, 0) is 55.2 Å². The molecule has 0 fully saturated rings. The van der Waals surface area contributed by atoms with Gasteiger partial charge in [-0.2, -0.15) is 0 Å². The molecule has 0 N–H and O–H groups in total. The average Bonchev–Trinajstić information content (AvgIpc) is 2.67. The Labute approximate surface area is 163 Å². The van der Waals surface area contributed by atoms with Crippen LogP contribution in [0.25, 0.3) is 11.0 Å². The first kappa shape index (κ1) is 19.7. The Morgan fingerprint density at radius 3 is 2.46 bits per heavy atom. The van der Waals surface area contributed by atoms with E-state index in [0.29, 0.717) is 35.0 Å². The first-order valence-electron chi connectivity index (χ1n) is 9.28. The van der Waals surface area contributed by atoms with Crippen LogP contribution in [0.5, 0.6) is 5.75 Å². The van der Waals surface area contributed by atoms with Crippen LogP contribution < -0.4 is 10.4 Å². The van der Waals surface area contributed by atoms with Gasteiger partial charge in [0.05, 0.1) is 12.2 Å².